The molecule has 0 aliphatic heterocycles. The summed E-state index contributed by atoms with van der Waals surface area (Å²) in [5, 5.41) is 0.667. The summed E-state index contributed by atoms with van der Waals surface area (Å²) in [7, 11) is 0. The van der Waals surface area contributed by atoms with Gasteiger partial charge in [-0.25, -0.2) is 4.98 Å². The van der Waals surface area contributed by atoms with Crippen molar-refractivity contribution in [1.29, 1.82) is 0 Å². The van der Waals surface area contributed by atoms with Crippen molar-refractivity contribution >= 4 is 60.9 Å². The number of thiazole rings is 1. The number of fused-ring (bicyclic) bond motifs is 1. The molecule has 3 rings (SSSR count). The summed E-state index contributed by atoms with van der Waals surface area (Å²) >= 11 is 5.04. The van der Waals surface area contributed by atoms with Crippen LogP contribution in [0.2, 0.25) is 0 Å². The molecule has 1 aromatic heterocycles. The average molecular weight is 601 g/mol. The maximum absolute atomic E-state index is 14.0. The molecule has 0 fully saturated rings. The Morgan fingerprint density at radius 2 is 1.53 bits per heavy atom. The van der Waals surface area contributed by atoms with E-state index in [4.69, 9.17) is 19.2 Å². The zero-order valence-electron chi connectivity index (χ0n) is 21.5. The molecule has 7 nitrogen and oxygen atoms in total. The van der Waals surface area contributed by atoms with Crippen molar-refractivity contribution in [3.05, 3.63) is 40.4 Å². The fourth-order valence-electron chi connectivity index (χ4n) is 3.74. The van der Waals surface area contributed by atoms with Crippen molar-refractivity contribution in [2.45, 2.75) is 34.6 Å². The zero-order chi connectivity index (χ0) is 25.4. The topological polar surface area (TPSA) is 64.1 Å². The maximum atomic E-state index is 14.0. The Morgan fingerprint density at radius 1 is 0.917 bits per heavy atom. The molecule has 0 radical (unpaired) electrons. The van der Waals surface area contributed by atoms with Gasteiger partial charge in [-0.3, -0.25) is 9.69 Å². The third kappa shape index (κ3) is 7.25. The quantitative estimate of drug-likeness (QED) is 0.218. The Balaban J connectivity index is 0.00000456. The molecule has 3 aromatic rings. The third-order valence-electron chi connectivity index (χ3n) is 5.51. The standard InChI is InChI=1S/C26H34BrN3O4S.ClH/c1-6-29(7-2)13-14-30(26-28-20-12-11-19(27)17-23(20)35-26)25(31)18-15-21(32-8-3)24(34-10-5)22(16-18)33-9-4;/h11-12,15-17H,6-10,13-14H2,1-5H3;1H. The summed E-state index contributed by atoms with van der Waals surface area (Å²) in [6, 6.07) is 9.44. The van der Waals surface area contributed by atoms with E-state index < -0.39 is 0 Å². The molecule has 0 aliphatic rings. The van der Waals surface area contributed by atoms with Crippen molar-refractivity contribution in [3.63, 3.8) is 0 Å². The normalized spacial score (nSPS) is 10.9. The van der Waals surface area contributed by atoms with Gasteiger partial charge in [0.2, 0.25) is 5.75 Å². The molecule has 0 atom stereocenters. The van der Waals surface area contributed by atoms with Gasteiger partial charge >= 0.3 is 0 Å². The number of halogens is 2. The highest BCUT2D eigenvalue weighted by Crippen LogP contribution is 2.40. The van der Waals surface area contributed by atoms with Crippen molar-refractivity contribution in [1.82, 2.24) is 9.88 Å². The van der Waals surface area contributed by atoms with Crippen molar-refractivity contribution < 1.29 is 19.0 Å². The monoisotopic (exact) mass is 599 g/mol. The van der Waals surface area contributed by atoms with Crippen LogP contribution in [0.25, 0.3) is 10.2 Å². The van der Waals surface area contributed by atoms with Crippen LogP contribution in [-0.4, -0.2) is 61.8 Å². The third-order valence-corrected chi connectivity index (χ3v) is 7.04. The minimum Gasteiger partial charge on any atom is -0.490 e. The van der Waals surface area contributed by atoms with E-state index in [1.54, 1.807) is 17.0 Å². The second-order valence-electron chi connectivity index (χ2n) is 7.69. The molecule has 36 heavy (non-hydrogen) atoms. The van der Waals surface area contributed by atoms with E-state index in [1.165, 1.54) is 11.3 Å². The molecule has 0 unspecified atom stereocenters. The van der Waals surface area contributed by atoms with Crippen LogP contribution < -0.4 is 19.1 Å². The largest absolute Gasteiger partial charge is 0.490 e. The molecule has 0 saturated carbocycles. The molecule has 2 aromatic carbocycles. The van der Waals surface area contributed by atoms with Crippen molar-refractivity contribution in [3.8, 4) is 17.2 Å². The Hall–Kier alpha value is -2.07. The smallest absolute Gasteiger partial charge is 0.260 e. The second-order valence-corrected chi connectivity index (χ2v) is 9.62. The maximum Gasteiger partial charge on any atom is 0.260 e. The number of ether oxygens (including phenoxy) is 3. The molecule has 0 aliphatic carbocycles. The van der Waals surface area contributed by atoms with Gasteiger partial charge in [-0.15, -0.1) is 12.4 Å². The molecule has 0 bridgehead atoms. The summed E-state index contributed by atoms with van der Waals surface area (Å²) in [6.45, 7) is 14.4. The van der Waals surface area contributed by atoms with E-state index in [1.807, 2.05) is 39.0 Å². The summed E-state index contributed by atoms with van der Waals surface area (Å²) in [6.07, 6.45) is 0. The SMILES string of the molecule is CCOc1cc(C(=O)N(CCN(CC)CC)c2nc3ccc(Br)cc3s2)cc(OCC)c1OCC.Cl. The molecule has 10 heteroatoms. The number of carbonyl (C=O) groups excluding carboxylic acids is 1. The summed E-state index contributed by atoms with van der Waals surface area (Å²) in [5.74, 6) is 1.37. The fraction of sp³-hybridized carbons (Fsp3) is 0.462. The molecule has 0 spiro atoms. The van der Waals surface area contributed by atoms with E-state index in [0.717, 1.165) is 34.3 Å². The molecular weight excluding hydrogens is 566 g/mol. The van der Waals surface area contributed by atoms with Gasteiger partial charge in [-0.2, -0.15) is 0 Å². The van der Waals surface area contributed by atoms with Crippen molar-refractivity contribution in [2.75, 3.05) is 50.9 Å². The Kier molecular flexibility index (Phi) is 12.2. The van der Waals surface area contributed by atoms with E-state index in [0.29, 0.717) is 54.3 Å². The molecule has 1 amide bonds. The molecule has 0 saturated heterocycles. The lowest BCUT2D eigenvalue weighted by Crippen LogP contribution is -2.38. The van der Waals surface area contributed by atoms with Gasteiger partial charge in [0, 0.05) is 23.1 Å². The van der Waals surface area contributed by atoms with E-state index >= 15 is 0 Å². The van der Waals surface area contributed by atoms with E-state index in [2.05, 4.69) is 34.7 Å². The molecule has 0 N–H and O–H groups in total. The number of hydrogen-bond donors (Lipinski definition) is 0. The number of rotatable bonds is 13. The minimum atomic E-state index is -0.153. The number of anilines is 1. The first-order chi connectivity index (χ1) is 16.9. The van der Waals surface area contributed by atoms with Crippen LogP contribution in [-0.2, 0) is 0 Å². The van der Waals surface area contributed by atoms with E-state index in [-0.39, 0.29) is 18.3 Å². The lowest BCUT2D eigenvalue weighted by molar-refractivity contribution is 0.0982. The van der Waals surface area contributed by atoms with Crippen LogP contribution in [0, 0.1) is 0 Å². The van der Waals surface area contributed by atoms with Gasteiger partial charge in [-0.05, 0) is 64.2 Å². The fourth-order valence-corrected chi connectivity index (χ4v) is 5.28. The minimum absolute atomic E-state index is 0. The average Bonchev–Trinajstić information content (AvgIpc) is 3.26. The summed E-state index contributed by atoms with van der Waals surface area (Å²) in [5.41, 5.74) is 1.34. The van der Waals surface area contributed by atoms with Gasteiger partial charge in [0.1, 0.15) is 0 Å². The van der Waals surface area contributed by atoms with Crippen LogP contribution in [0.4, 0.5) is 5.13 Å². The molecular formula is C26H35BrClN3O4S. The first-order valence-corrected chi connectivity index (χ1v) is 13.7. The van der Waals surface area contributed by atoms with E-state index in [9.17, 15) is 4.79 Å². The van der Waals surface area contributed by atoms with Gasteiger partial charge in [0.15, 0.2) is 16.6 Å². The summed E-state index contributed by atoms with van der Waals surface area (Å²) in [4.78, 5) is 22.8. The Morgan fingerprint density at radius 3 is 2.08 bits per heavy atom. The summed E-state index contributed by atoms with van der Waals surface area (Å²) < 4.78 is 19.5. The number of likely N-dealkylation sites (N-methyl/N-ethyl adjacent to an activating group) is 1. The highest BCUT2D eigenvalue weighted by atomic mass is 79.9. The zero-order valence-corrected chi connectivity index (χ0v) is 24.7. The predicted octanol–water partition coefficient (Wildman–Crippen LogP) is 6.67. The van der Waals surface area contributed by atoms with Gasteiger partial charge in [0.25, 0.3) is 5.91 Å². The van der Waals surface area contributed by atoms with Crippen LogP contribution in [0.15, 0.2) is 34.8 Å². The van der Waals surface area contributed by atoms with Crippen LogP contribution >= 0.6 is 39.7 Å². The number of carbonyl (C=O) groups is 1. The molecule has 198 valence electrons. The van der Waals surface area contributed by atoms with Gasteiger partial charge in [-0.1, -0.05) is 41.1 Å². The highest BCUT2D eigenvalue weighted by Gasteiger charge is 2.25. The highest BCUT2D eigenvalue weighted by molar-refractivity contribution is 9.10. The number of amides is 1. The number of aromatic nitrogens is 1. The number of benzene rings is 2. The predicted molar refractivity (Wildman–Crippen MR) is 154 cm³/mol. The Bertz CT molecular complexity index is 1110. The van der Waals surface area contributed by atoms with Gasteiger partial charge < -0.3 is 19.1 Å². The second kappa shape index (κ2) is 14.6. The van der Waals surface area contributed by atoms with Crippen LogP contribution in [0.5, 0.6) is 17.2 Å². The number of hydrogen-bond acceptors (Lipinski definition) is 7. The number of nitrogens with zero attached hydrogens (tertiary/aromatic N) is 3. The van der Waals surface area contributed by atoms with Crippen molar-refractivity contribution in [2.24, 2.45) is 0 Å². The molecule has 1 heterocycles. The lowest BCUT2D eigenvalue weighted by Gasteiger charge is -2.25. The van der Waals surface area contributed by atoms with Gasteiger partial charge in [0.05, 0.1) is 30.0 Å². The van der Waals surface area contributed by atoms with Crippen LogP contribution in [0.1, 0.15) is 45.0 Å². The first-order valence-electron chi connectivity index (χ1n) is 12.1. The lowest BCUT2D eigenvalue weighted by atomic mass is 10.1. The van der Waals surface area contributed by atoms with Crippen LogP contribution in [0.3, 0.4) is 0 Å². The Labute approximate surface area is 232 Å². The first kappa shape index (κ1) is 30.2.